The summed E-state index contributed by atoms with van der Waals surface area (Å²) in [5.41, 5.74) is 0. The topological polar surface area (TPSA) is 37.8 Å². The molecule has 1 atom stereocenters. The SMILES string of the molecule is CCNC(CC)c1nnc(CCC(F)(F)F)s1. The Labute approximate surface area is 102 Å². The largest absolute Gasteiger partial charge is 0.389 e. The van der Waals surface area contributed by atoms with Crippen molar-refractivity contribution >= 4 is 11.3 Å². The quantitative estimate of drug-likeness (QED) is 0.860. The van der Waals surface area contributed by atoms with Crippen molar-refractivity contribution in [2.24, 2.45) is 0 Å². The first-order chi connectivity index (χ1) is 7.96. The molecule has 1 unspecified atom stereocenters. The van der Waals surface area contributed by atoms with Crippen molar-refractivity contribution in [1.29, 1.82) is 0 Å². The van der Waals surface area contributed by atoms with E-state index in [1.807, 2.05) is 13.8 Å². The molecule has 1 aromatic heterocycles. The second-order valence-corrected chi connectivity index (χ2v) is 4.76. The first-order valence-electron chi connectivity index (χ1n) is 5.58. The molecular formula is C10H16F3N3S. The van der Waals surface area contributed by atoms with Crippen LogP contribution in [0.1, 0.15) is 42.7 Å². The number of nitrogens with zero attached hydrogens (tertiary/aromatic N) is 2. The minimum Gasteiger partial charge on any atom is -0.308 e. The predicted molar refractivity (Wildman–Crippen MR) is 61.0 cm³/mol. The first-order valence-corrected chi connectivity index (χ1v) is 6.40. The normalized spacial score (nSPS) is 13.9. The number of hydrogen-bond donors (Lipinski definition) is 1. The number of alkyl halides is 3. The lowest BCUT2D eigenvalue weighted by atomic mass is 10.2. The van der Waals surface area contributed by atoms with E-state index in [2.05, 4.69) is 15.5 Å². The van der Waals surface area contributed by atoms with E-state index in [0.717, 1.165) is 18.0 Å². The van der Waals surface area contributed by atoms with Crippen LogP contribution in [0.5, 0.6) is 0 Å². The maximum atomic E-state index is 12.0. The third kappa shape index (κ3) is 4.99. The van der Waals surface area contributed by atoms with E-state index in [9.17, 15) is 13.2 Å². The second-order valence-electron chi connectivity index (χ2n) is 3.67. The van der Waals surface area contributed by atoms with Crippen LogP contribution in [0.2, 0.25) is 0 Å². The van der Waals surface area contributed by atoms with E-state index >= 15 is 0 Å². The summed E-state index contributed by atoms with van der Waals surface area (Å²) >= 11 is 1.26. The molecule has 0 saturated heterocycles. The molecule has 3 nitrogen and oxygen atoms in total. The highest BCUT2D eigenvalue weighted by Gasteiger charge is 2.27. The molecule has 17 heavy (non-hydrogen) atoms. The molecule has 0 aromatic carbocycles. The smallest absolute Gasteiger partial charge is 0.308 e. The molecule has 0 bridgehead atoms. The Balaban J connectivity index is 2.58. The van der Waals surface area contributed by atoms with Crippen molar-refractivity contribution in [1.82, 2.24) is 15.5 Å². The van der Waals surface area contributed by atoms with Crippen LogP contribution in [-0.2, 0) is 6.42 Å². The van der Waals surface area contributed by atoms with Crippen molar-refractivity contribution in [3.8, 4) is 0 Å². The summed E-state index contributed by atoms with van der Waals surface area (Å²) < 4.78 is 36.1. The maximum absolute atomic E-state index is 12.0. The number of rotatable bonds is 6. The minimum atomic E-state index is -4.13. The maximum Gasteiger partial charge on any atom is 0.389 e. The van der Waals surface area contributed by atoms with Gasteiger partial charge in [0.25, 0.3) is 0 Å². The first kappa shape index (κ1) is 14.4. The summed E-state index contributed by atoms with van der Waals surface area (Å²) in [6, 6.07) is 0.0946. The molecule has 1 rings (SSSR count). The van der Waals surface area contributed by atoms with Crippen LogP contribution >= 0.6 is 11.3 Å². The fourth-order valence-corrected chi connectivity index (χ4v) is 2.41. The van der Waals surface area contributed by atoms with Gasteiger partial charge in [-0.2, -0.15) is 13.2 Å². The second kappa shape index (κ2) is 6.30. The van der Waals surface area contributed by atoms with Crippen LogP contribution in [0.3, 0.4) is 0 Å². The lowest BCUT2D eigenvalue weighted by Gasteiger charge is -2.11. The van der Waals surface area contributed by atoms with Gasteiger partial charge < -0.3 is 5.32 Å². The highest BCUT2D eigenvalue weighted by molar-refractivity contribution is 7.11. The average molecular weight is 267 g/mol. The van der Waals surface area contributed by atoms with Crippen LogP contribution < -0.4 is 5.32 Å². The van der Waals surface area contributed by atoms with Crippen molar-refractivity contribution < 1.29 is 13.2 Å². The third-order valence-corrected chi connectivity index (χ3v) is 3.36. The summed E-state index contributed by atoms with van der Waals surface area (Å²) in [6.07, 6.45) is -4.19. The molecule has 0 aliphatic carbocycles. The van der Waals surface area contributed by atoms with E-state index < -0.39 is 12.6 Å². The molecule has 0 amide bonds. The molecule has 0 aliphatic heterocycles. The van der Waals surface area contributed by atoms with E-state index in [1.165, 1.54) is 11.3 Å². The highest BCUT2D eigenvalue weighted by Crippen LogP contribution is 2.25. The Hall–Kier alpha value is -0.690. The zero-order chi connectivity index (χ0) is 12.9. The molecule has 98 valence electrons. The molecular weight excluding hydrogens is 251 g/mol. The number of halogens is 3. The number of aromatic nitrogens is 2. The van der Waals surface area contributed by atoms with E-state index in [4.69, 9.17) is 0 Å². The molecule has 1 N–H and O–H groups in total. The van der Waals surface area contributed by atoms with Crippen molar-refractivity contribution in [3.05, 3.63) is 10.0 Å². The van der Waals surface area contributed by atoms with Gasteiger partial charge in [0, 0.05) is 12.8 Å². The van der Waals surface area contributed by atoms with Gasteiger partial charge in [-0.25, -0.2) is 0 Å². The van der Waals surface area contributed by atoms with Crippen LogP contribution in [0.25, 0.3) is 0 Å². The van der Waals surface area contributed by atoms with Gasteiger partial charge in [-0.15, -0.1) is 10.2 Å². The summed E-state index contributed by atoms with van der Waals surface area (Å²) in [4.78, 5) is 0. The van der Waals surface area contributed by atoms with Gasteiger partial charge in [0.05, 0.1) is 6.04 Å². The Kier molecular flexibility index (Phi) is 5.32. The zero-order valence-electron chi connectivity index (χ0n) is 9.84. The van der Waals surface area contributed by atoms with E-state index in [-0.39, 0.29) is 12.5 Å². The summed E-state index contributed by atoms with van der Waals surface area (Å²) in [5, 5.41) is 12.2. The molecule has 0 aliphatic rings. The molecule has 1 aromatic rings. The Bertz CT molecular complexity index is 338. The summed E-state index contributed by atoms with van der Waals surface area (Å²) in [6.45, 7) is 4.79. The predicted octanol–water partition coefficient (Wildman–Crippen LogP) is 3.09. The minimum absolute atomic E-state index is 0.0796. The van der Waals surface area contributed by atoms with Gasteiger partial charge in [0.1, 0.15) is 10.0 Å². The van der Waals surface area contributed by atoms with Crippen molar-refractivity contribution in [3.63, 3.8) is 0 Å². The number of hydrogen-bond acceptors (Lipinski definition) is 4. The average Bonchev–Trinajstić information content (AvgIpc) is 2.70. The van der Waals surface area contributed by atoms with Gasteiger partial charge in [-0.1, -0.05) is 25.2 Å². The van der Waals surface area contributed by atoms with Crippen LogP contribution in [0, 0.1) is 0 Å². The molecule has 0 radical (unpaired) electrons. The fourth-order valence-electron chi connectivity index (χ4n) is 1.41. The van der Waals surface area contributed by atoms with E-state index in [1.54, 1.807) is 0 Å². The van der Waals surface area contributed by atoms with E-state index in [0.29, 0.717) is 5.01 Å². The molecule has 0 saturated carbocycles. The standard InChI is InChI=1S/C10H16F3N3S/c1-3-7(14-4-2)9-16-15-8(17-9)5-6-10(11,12)13/h7,14H,3-6H2,1-2H3. The number of nitrogens with one attached hydrogen (secondary N) is 1. The molecule has 0 fully saturated rings. The van der Waals surface area contributed by atoms with Gasteiger partial charge in [-0.05, 0) is 13.0 Å². The molecule has 1 heterocycles. The van der Waals surface area contributed by atoms with Crippen LogP contribution in [0.4, 0.5) is 13.2 Å². The van der Waals surface area contributed by atoms with Gasteiger partial charge in [0.2, 0.25) is 0 Å². The van der Waals surface area contributed by atoms with Crippen molar-refractivity contribution in [2.45, 2.75) is 45.3 Å². The van der Waals surface area contributed by atoms with Crippen LogP contribution in [-0.4, -0.2) is 22.9 Å². The van der Waals surface area contributed by atoms with Crippen molar-refractivity contribution in [2.75, 3.05) is 6.54 Å². The Morgan fingerprint density at radius 1 is 1.29 bits per heavy atom. The highest BCUT2D eigenvalue weighted by atomic mass is 32.1. The summed E-state index contributed by atoms with van der Waals surface area (Å²) in [7, 11) is 0. The van der Waals surface area contributed by atoms with Gasteiger partial charge >= 0.3 is 6.18 Å². The molecule has 0 spiro atoms. The van der Waals surface area contributed by atoms with Gasteiger partial charge in [-0.3, -0.25) is 0 Å². The third-order valence-electron chi connectivity index (χ3n) is 2.26. The lowest BCUT2D eigenvalue weighted by molar-refractivity contribution is -0.134. The molecule has 7 heteroatoms. The zero-order valence-corrected chi connectivity index (χ0v) is 10.7. The Morgan fingerprint density at radius 2 is 2.00 bits per heavy atom. The lowest BCUT2D eigenvalue weighted by Crippen LogP contribution is -2.19. The fraction of sp³-hybridized carbons (Fsp3) is 0.800. The monoisotopic (exact) mass is 267 g/mol. The Morgan fingerprint density at radius 3 is 2.53 bits per heavy atom. The summed E-state index contributed by atoms with van der Waals surface area (Å²) in [5.74, 6) is 0. The van der Waals surface area contributed by atoms with Crippen LogP contribution in [0.15, 0.2) is 0 Å². The van der Waals surface area contributed by atoms with Gasteiger partial charge in [0.15, 0.2) is 0 Å². The number of aryl methyl sites for hydroxylation is 1.